The fraction of sp³-hybridized carbons (Fsp3) is 0.308. The number of amides is 4. The molecule has 2 aromatic rings. The van der Waals surface area contributed by atoms with Crippen molar-refractivity contribution in [3.05, 3.63) is 57.4 Å². The topological polar surface area (TPSA) is 114 Å². The highest BCUT2D eigenvalue weighted by atomic mass is 79.9. The molecular weight excluding hydrogens is 578 g/mol. The predicted octanol–water partition coefficient (Wildman–Crippen LogP) is 3.76. The molecule has 10 nitrogen and oxygen atoms in total. The molecule has 2 aromatic carbocycles. The summed E-state index contributed by atoms with van der Waals surface area (Å²) in [5.41, 5.74) is 1.17. The van der Waals surface area contributed by atoms with E-state index >= 15 is 0 Å². The number of hydrogen-bond donors (Lipinski definition) is 1. The van der Waals surface area contributed by atoms with Crippen LogP contribution in [0.2, 0.25) is 0 Å². The van der Waals surface area contributed by atoms with Gasteiger partial charge in [-0.05, 0) is 82.7 Å². The van der Waals surface area contributed by atoms with Crippen molar-refractivity contribution in [2.24, 2.45) is 0 Å². The van der Waals surface area contributed by atoms with Gasteiger partial charge >= 0.3 is 0 Å². The second kappa shape index (κ2) is 12.9. The summed E-state index contributed by atoms with van der Waals surface area (Å²) in [5.74, 6) is -0.00962. The van der Waals surface area contributed by atoms with E-state index in [1.807, 2.05) is 6.92 Å². The first kappa shape index (κ1) is 27.7. The number of thioether (sulfide) groups is 1. The van der Waals surface area contributed by atoms with Crippen molar-refractivity contribution in [2.45, 2.75) is 6.92 Å². The van der Waals surface area contributed by atoms with Gasteiger partial charge in [-0.15, -0.1) is 0 Å². The first-order valence-corrected chi connectivity index (χ1v) is 13.5. The van der Waals surface area contributed by atoms with Crippen LogP contribution in [0.1, 0.15) is 12.5 Å². The van der Waals surface area contributed by atoms with E-state index in [0.717, 1.165) is 16.7 Å². The maximum atomic E-state index is 12.8. The summed E-state index contributed by atoms with van der Waals surface area (Å²) in [6, 6.07) is 11.9. The molecule has 4 rings (SSSR count). The average molecular weight is 604 g/mol. The molecule has 12 heteroatoms. The molecule has 4 amide bonds. The molecule has 2 saturated heterocycles. The van der Waals surface area contributed by atoms with Crippen LogP contribution in [0, 0.1) is 0 Å². The number of halogens is 1. The van der Waals surface area contributed by atoms with E-state index in [4.69, 9.17) is 14.2 Å². The molecule has 2 aliphatic heterocycles. The molecule has 0 bridgehead atoms. The van der Waals surface area contributed by atoms with Crippen LogP contribution in [-0.4, -0.2) is 78.8 Å². The molecule has 200 valence electrons. The Morgan fingerprint density at radius 1 is 1.11 bits per heavy atom. The number of hydrogen-bond acceptors (Lipinski definition) is 8. The fourth-order valence-corrected chi connectivity index (χ4v) is 5.05. The van der Waals surface area contributed by atoms with Gasteiger partial charge in [-0.3, -0.25) is 24.1 Å². The SMILES string of the molecule is CCOc1ccc(NC(=O)CN2C(=O)S/C(=C\c3ccc(OCC(=O)N4CCOCC4)c(Br)c3)C2=O)cc1. The lowest BCUT2D eigenvalue weighted by Gasteiger charge is -2.26. The second-order valence-electron chi connectivity index (χ2n) is 8.25. The van der Waals surface area contributed by atoms with Crippen LogP contribution in [0.5, 0.6) is 11.5 Å². The van der Waals surface area contributed by atoms with Crippen molar-refractivity contribution in [1.29, 1.82) is 0 Å². The maximum absolute atomic E-state index is 12.8. The maximum Gasteiger partial charge on any atom is 0.294 e. The number of anilines is 1. The Morgan fingerprint density at radius 3 is 2.53 bits per heavy atom. The molecule has 0 radical (unpaired) electrons. The number of nitrogens with zero attached hydrogens (tertiary/aromatic N) is 2. The normalized spacial score (nSPS) is 16.6. The van der Waals surface area contributed by atoms with Crippen molar-refractivity contribution in [2.75, 3.05) is 51.4 Å². The highest BCUT2D eigenvalue weighted by molar-refractivity contribution is 9.10. The molecule has 38 heavy (non-hydrogen) atoms. The Bertz CT molecular complexity index is 1250. The van der Waals surface area contributed by atoms with Crippen LogP contribution in [0.4, 0.5) is 10.5 Å². The average Bonchev–Trinajstić information content (AvgIpc) is 3.17. The predicted molar refractivity (Wildman–Crippen MR) is 146 cm³/mol. The Labute approximate surface area is 232 Å². The van der Waals surface area contributed by atoms with E-state index in [1.165, 1.54) is 0 Å². The third kappa shape index (κ3) is 7.15. The first-order valence-electron chi connectivity index (χ1n) is 11.9. The van der Waals surface area contributed by atoms with Gasteiger partial charge in [0.15, 0.2) is 6.61 Å². The van der Waals surface area contributed by atoms with Crippen molar-refractivity contribution in [1.82, 2.24) is 9.80 Å². The number of carbonyl (C=O) groups excluding carboxylic acids is 4. The number of rotatable bonds is 9. The third-order valence-electron chi connectivity index (χ3n) is 5.59. The van der Waals surface area contributed by atoms with Crippen molar-refractivity contribution >= 4 is 62.4 Å². The van der Waals surface area contributed by atoms with E-state index in [-0.39, 0.29) is 17.4 Å². The summed E-state index contributed by atoms with van der Waals surface area (Å²) in [6.45, 7) is 4.02. The van der Waals surface area contributed by atoms with E-state index in [2.05, 4.69) is 21.2 Å². The number of benzene rings is 2. The summed E-state index contributed by atoms with van der Waals surface area (Å²) < 4.78 is 16.9. The van der Waals surface area contributed by atoms with E-state index in [1.54, 1.807) is 53.4 Å². The van der Waals surface area contributed by atoms with Crippen LogP contribution in [-0.2, 0) is 19.1 Å². The van der Waals surface area contributed by atoms with Gasteiger partial charge in [-0.1, -0.05) is 6.07 Å². The molecule has 0 spiro atoms. The van der Waals surface area contributed by atoms with Crippen LogP contribution < -0.4 is 14.8 Å². The molecular formula is C26H26BrN3O7S. The smallest absolute Gasteiger partial charge is 0.294 e. The quantitative estimate of drug-likeness (QED) is 0.431. The molecule has 2 aliphatic rings. The second-order valence-corrected chi connectivity index (χ2v) is 10.1. The molecule has 0 aliphatic carbocycles. The van der Waals surface area contributed by atoms with Crippen molar-refractivity contribution in [3.63, 3.8) is 0 Å². The van der Waals surface area contributed by atoms with Crippen LogP contribution >= 0.6 is 27.7 Å². The van der Waals surface area contributed by atoms with E-state index in [0.29, 0.717) is 60.1 Å². The zero-order chi connectivity index (χ0) is 27.1. The molecule has 0 saturated carbocycles. The number of ether oxygens (including phenoxy) is 3. The minimum Gasteiger partial charge on any atom is -0.494 e. The van der Waals surface area contributed by atoms with Crippen molar-refractivity contribution < 1.29 is 33.4 Å². The number of carbonyl (C=O) groups is 4. The first-order chi connectivity index (χ1) is 18.3. The molecule has 2 fully saturated rings. The van der Waals surface area contributed by atoms with Gasteiger partial charge in [-0.2, -0.15) is 0 Å². The van der Waals surface area contributed by atoms with Crippen LogP contribution in [0.15, 0.2) is 51.8 Å². The summed E-state index contributed by atoms with van der Waals surface area (Å²) in [5, 5.41) is 2.15. The Hall–Kier alpha value is -3.35. The largest absolute Gasteiger partial charge is 0.494 e. The van der Waals surface area contributed by atoms with Gasteiger partial charge < -0.3 is 24.4 Å². The highest BCUT2D eigenvalue weighted by Crippen LogP contribution is 2.34. The number of imide groups is 1. The molecule has 0 unspecified atom stereocenters. The highest BCUT2D eigenvalue weighted by Gasteiger charge is 2.36. The van der Waals surface area contributed by atoms with Gasteiger partial charge in [0.1, 0.15) is 18.0 Å². The standard InChI is InChI=1S/C26H26BrN3O7S/c1-2-36-19-6-4-18(5-7-19)28-23(31)15-30-25(33)22(38-26(30)34)14-17-3-8-21(20(27)13-17)37-16-24(32)29-9-11-35-12-10-29/h3-8,13-14H,2,9-12,15-16H2,1H3,(H,28,31)/b22-14-. The van der Waals surface area contributed by atoms with E-state index in [9.17, 15) is 19.2 Å². The minimum absolute atomic E-state index is 0.102. The lowest BCUT2D eigenvalue weighted by Crippen LogP contribution is -2.43. The van der Waals surface area contributed by atoms with Crippen LogP contribution in [0.25, 0.3) is 6.08 Å². The monoisotopic (exact) mass is 603 g/mol. The van der Waals surface area contributed by atoms with E-state index < -0.39 is 23.6 Å². The van der Waals surface area contributed by atoms with Crippen molar-refractivity contribution in [3.8, 4) is 11.5 Å². The van der Waals surface area contributed by atoms with Gasteiger partial charge in [0.25, 0.3) is 17.1 Å². The van der Waals surface area contributed by atoms with Crippen LogP contribution in [0.3, 0.4) is 0 Å². The number of nitrogens with one attached hydrogen (secondary N) is 1. The van der Waals surface area contributed by atoms with Gasteiger partial charge in [-0.25, -0.2) is 0 Å². The molecule has 0 aromatic heterocycles. The van der Waals surface area contributed by atoms with Gasteiger partial charge in [0, 0.05) is 18.8 Å². The Balaban J connectivity index is 1.33. The lowest BCUT2D eigenvalue weighted by atomic mass is 10.2. The minimum atomic E-state index is -0.547. The Morgan fingerprint density at radius 2 is 1.84 bits per heavy atom. The fourth-order valence-electron chi connectivity index (χ4n) is 3.70. The molecule has 2 heterocycles. The van der Waals surface area contributed by atoms with Gasteiger partial charge in [0.2, 0.25) is 5.91 Å². The summed E-state index contributed by atoms with van der Waals surface area (Å²) in [6.07, 6.45) is 1.57. The summed E-state index contributed by atoms with van der Waals surface area (Å²) >= 11 is 4.20. The summed E-state index contributed by atoms with van der Waals surface area (Å²) in [4.78, 5) is 52.8. The number of morpholine rings is 1. The third-order valence-corrected chi connectivity index (χ3v) is 7.12. The van der Waals surface area contributed by atoms with Gasteiger partial charge in [0.05, 0.1) is 29.2 Å². The zero-order valence-electron chi connectivity index (χ0n) is 20.6. The zero-order valence-corrected chi connectivity index (χ0v) is 23.0. The molecule has 0 atom stereocenters. The molecule has 1 N–H and O–H groups in total. The lowest BCUT2D eigenvalue weighted by molar-refractivity contribution is -0.137. The Kier molecular flexibility index (Phi) is 9.43. The summed E-state index contributed by atoms with van der Waals surface area (Å²) in [7, 11) is 0.